The van der Waals surface area contributed by atoms with Crippen LogP contribution in [-0.4, -0.2) is 43.6 Å². The van der Waals surface area contributed by atoms with Crippen molar-refractivity contribution in [3.8, 4) is 0 Å². The number of halogens is 1. The van der Waals surface area contributed by atoms with E-state index in [2.05, 4.69) is 73.0 Å². The van der Waals surface area contributed by atoms with Gasteiger partial charge in [0.25, 0.3) is 0 Å². The van der Waals surface area contributed by atoms with Gasteiger partial charge in [0.05, 0.1) is 6.61 Å². The maximum atomic E-state index is 15.0. The first kappa shape index (κ1) is 21.8. The highest BCUT2D eigenvalue weighted by atomic mass is 28.4. The molecule has 0 bridgehead atoms. The molecule has 2 nitrogen and oxygen atoms in total. The summed E-state index contributed by atoms with van der Waals surface area (Å²) in [6, 6.07) is 0. The zero-order valence-electron chi connectivity index (χ0n) is 17.6. The third-order valence-electron chi connectivity index (χ3n) is 6.20. The highest BCUT2D eigenvalue weighted by molar-refractivity contribution is 6.74. The number of hydrogen-bond acceptors (Lipinski definition) is 2. The maximum absolute atomic E-state index is 15.0. The van der Waals surface area contributed by atoms with E-state index in [1.165, 1.54) is 5.57 Å². The summed E-state index contributed by atoms with van der Waals surface area (Å²) in [5, 5.41) is 0.115. The minimum atomic E-state index is -1.90. The van der Waals surface area contributed by atoms with Crippen LogP contribution in [0.3, 0.4) is 0 Å². The lowest BCUT2D eigenvalue weighted by Crippen LogP contribution is -2.55. The normalized spacial score (nSPS) is 25.3. The molecule has 0 aromatic rings. The summed E-state index contributed by atoms with van der Waals surface area (Å²) < 4.78 is 21.1. The fraction of sp³-hybridized carbons (Fsp3) is 0.900. The minimum Gasteiger partial charge on any atom is -0.414 e. The van der Waals surface area contributed by atoms with Crippen LogP contribution in [0.5, 0.6) is 0 Å². The molecule has 0 spiro atoms. The molecule has 0 aromatic heterocycles. The van der Waals surface area contributed by atoms with E-state index < -0.39 is 14.5 Å². The van der Waals surface area contributed by atoms with Gasteiger partial charge in [0, 0.05) is 24.0 Å². The van der Waals surface area contributed by atoms with E-state index in [-0.39, 0.29) is 22.7 Å². The van der Waals surface area contributed by atoms with Gasteiger partial charge in [0.15, 0.2) is 8.32 Å². The van der Waals surface area contributed by atoms with E-state index in [0.29, 0.717) is 6.42 Å². The largest absolute Gasteiger partial charge is 0.414 e. The number of alkyl halides is 1. The van der Waals surface area contributed by atoms with Crippen molar-refractivity contribution in [1.82, 2.24) is 4.90 Å². The minimum absolute atomic E-state index is 0.0233. The van der Waals surface area contributed by atoms with Gasteiger partial charge in [-0.3, -0.25) is 4.90 Å². The fourth-order valence-corrected chi connectivity index (χ4v) is 4.67. The zero-order valence-corrected chi connectivity index (χ0v) is 18.6. The Morgan fingerprint density at radius 2 is 1.79 bits per heavy atom. The van der Waals surface area contributed by atoms with Gasteiger partial charge in [0.2, 0.25) is 0 Å². The average molecular weight is 358 g/mol. The lowest BCUT2D eigenvalue weighted by atomic mass is 9.81. The van der Waals surface area contributed by atoms with Gasteiger partial charge in [-0.25, -0.2) is 4.39 Å². The van der Waals surface area contributed by atoms with Crippen LogP contribution in [-0.2, 0) is 4.43 Å². The van der Waals surface area contributed by atoms with E-state index in [4.69, 9.17) is 4.43 Å². The van der Waals surface area contributed by atoms with Crippen molar-refractivity contribution in [2.75, 3.05) is 13.2 Å². The molecule has 4 heteroatoms. The molecule has 1 heterocycles. The van der Waals surface area contributed by atoms with Crippen molar-refractivity contribution in [1.29, 1.82) is 0 Å². The Morgan fingerprint density at radius 1 is 1.25 bits per heavy atom. The van der Waals surface area contributed by atoms with Crippen molar-refractivity contribution in [3.05, 3.63) is 12.2 Å². The highest BCUT2D eigenvalue weighted by Crippen LogP contribution is 2.44. The van der Waals surface area contributed by atoms with E-state index in [0.717, 1.165) is 19.4 Å². The van der Waals surface area contributed by atoms with Crippen molar-refractivity contribution in [2.45, 2.75) is 103 Å². The third-order valence-corrected chi connectivity index (χ3v) is 10.7. The average Bonchev–Trinajstić information content (AvgIpc) is 2.73. The second kappa shape index (κ2) is 7.20. The van der Waals surface area contributed by atoms with Crippen LogP contribution in [0.2, 0.25) is 18.1 Å². The molecule has 24 heavy (non-hydrogen) atoms. The van der Waals surface area contributed by atoms with E-state index in [1.54, 1.807) is 0 Å². The predicted octanol–water partition coefficient (Wildman–Crippen LogP) is 5.95. The van der Waals surface area contributed by atoms with Crippen molar-refractivity contribution < 1.29 is 8.82 Å². The molecule has 1 rings (SSSR count). The first-order chi connectivity index (χ1) is 10.7. The lowest BCUT2D eigenvalue weighted by Gasteiger charge is -2.47. The van der Waals surface area contributed by atoms with Gasteiger partial charge in [-0.2, -0.15) is 0 Å². The predicted molar refractivity (Wildman–Crippen MR) is 106 cm³/mol. The smallest absolute Gasteiger partial charge is 0.192 e. The Hall–Kier alpha value is -0.193. The topological polar surface area (TPSA) is 12.5 Å². The van der Waals surface area contributed by atoms with E-state index >= 15 is 0 Å². The number of hydrogen-bond donors (Lipinski definition) is 0. The first-order valence-corrected chi connectivity index (χ1v) is 12.3. The molecule has 2 unspecified atom stereocenters. The summed E-state index contributed by atoms with van der Waals surface area (Å²) in [7, 11) is -1.90. The molecule has 0 aliphatic carbocycles. The van der Waals surface area contributed by atoms with Crippen molar-refractivity contribution in [2.24, 2.45) is 0 Å². The summed E-state index contributed by atoms with van der Waals surface area (Å²) in [5.74, 6) is 0. The van der Waals surface area contributed by atoms with Gasteiger partial charge in [0.1, 0.15) is 6.17 Å². The van der Waals surface area contributed by atoms with Crippen LogP contribution in [0.15, 0.2) is 12.2 Å². The molecule has 142 valence electrons. The molecule has 2 atom stereocenters. The summed E-state index contributed by atoms with van der Waals surface area (Å²) in [5.41, 5.74) is 0.985. The Labute approximate surface area is 151 Å². The lowest BCUT2D eigenvalue weighted by molar-refractivity contribution is 0.0254. The van der Waals surface area contributed by atoms with E-state index in [1.807, 2.05) is 0 Å². The number of rotatable bonds is 6. The molecule has 1 fully saturated rings. The second-order valence-electron chi connectivity index (χ2n) is 9.93. The van der Waals surface area contributed by atoms with Crippen LogP contribution >= 0.6 is 0 Å². The number of likely N-dealkylation sites (tertiary alicyclic amines) is 1. The standard InChI is InChI=1S/C20H40FNOSi/c1-11-20(16(2)12-13-22(20)18(3,4)5)14-17(21)15-23-24(9,10)19(6,7)8/h17H,2,11-15H2,1,3-10H3. The van der Waals surface area contributed by atoms with Crippen LogP contribution in [0.1, 0.15) is 67.7 Å². The molecule has 0 N–H and O–H groups in total. The molecule has 1 aliphatic heterocycles. The Kier molecular flexibility index (Phi) is 6.56. The van der Waals surface area contributed by atoms with Crippen molar-refractivity contribution in [3.63, 3.8) is 0 Å². The Balaban J connectivity index is 2.85. The fourth-order valence-electron chi connectivity index (χ4n) is 3.64. The molecule has 0 saturated carbocycles. The SMILES string of the molecule is C=C1CCN(C(C)(C)C)C1(CC)CC(F)CO[Si](C)(C)C(C)(C)C. The summed E-state index contributed by atoms with van der Waals surface area (Å²) in [4.78, 5) is 2.46. The molecule has 1 aliphatic rings. The Morgan fingerprint density at radius 3 is 2.21 bits per heavy atom. The van der Waals surface area contributed by atoms with Crippen LogP contribution < -0.4 is 0 Å². The second-order valence-corrected chi connectivity index (χ2v) is 14.7. The quantitative estimate of drug-likeness (QED) is 0.430. The van der Waals surface area contributed by atoms with Gasteiger partial charge < -0.3 is 4.43 Å². The number of nitrogens with zero attached hydrogens (tertiary/aromatic N) is 1. The van der Waals surface area contributed by atoms with Gasteiger partial charge in [-0.05, 0) is 51.7 Å². The summed E-state index contributed by atoms with van der Waals surface area (Å²) in [6.45, 7) is 25.3. The van der Waals surface area contributed by atoms with Gasteiger partial charge in [-0.15, -0.1) is 0 Å². The zero-order chi connectivity index (χ0) is 19.0. The van der Waals surface area contributed by atoms with Gasteiger partial charge in [-0.1, -0.05) is 39.8 Å². The first-order valence-electron chi connectivity index (χ1n) is 9.41. The maximum Gasteiger partial charge on any atom is 0.192 e. The summed E-state index contributed by atoms with van der Waals surface area (Å²) >= 11 is 0. The molecule has 1 saturated heterocycles. The molecule has 0 amide bonds. The molecule has 0 aromatic carbocycles. The van der Waals surface area contributed by atoms with Crippen molar-refractivity contribution >= 4 is 8.32 Å². The van der Waals surface area contributed by atoms with Crippen LogP contribution in [0.25, 0.3) is 0 Å². The van der Waals surface area contributed by atoms with Gasteiger partial charge >= 0.3 is 0 Å². The molecule has 0 radical (unpaired) electrons. The van der Waals surface area contributed by atoms with Crippen LogP contribution in [0.4, 0.5) is 4.39 Å². The monoisotopic (exact) mass is 357 g/mol. The summed E-state index contributed by atoms with van der Waals surface area (Å²) in [6.07, 6.45) is 1.43. The van der Waals surface area contributed by atoms with E-state index in [9.17, 15) is 4.39 Å². The highest BCUT2D eigenvalue weighted by Gasteiger charge is 2.48. The Bertz CT molecular complexity index is 450. The molecular formula is C20H40FNOSi. The third kappa shape index (κ3) is 4.50. The van der Waals surface area contributed by atoms with Crippen LogP contribution in [0, 0.1) is 0 Å². The molecular weight excluding hydrogens is 317 g/mol.